The quantitative estimate of drug-likeness (QED) is 0.387. The predicted octanol–water partition coefficient (Wildman–Crippen LogP) is 5.94. The minimum Gasteiger partial charge on any atom is -0.489 e. The van der Waals surface area contributed by atoms with Crippen molar-refractivity contribution in [3.63, 3.8) is 0 Å². The predicted molar refractivity (Wildman–Crippen MR) is 112 cm³/mol. The van der Waals surface area contributed by atoms with Crippen LogP contribution < -0.4 is 4.74 Å². The zero-order chi connectivity index (χ0) is 18.5. The molecule has 0 aliphatic heterocycles. The zero-order valence-corrected chi connectivity index (χ0v) is 16.3. The van der Waals surface area contributed by atoms with Crippen LogP contribution in [-0.2, 0) is 13.2 Å². The zero-order valence-electron chi connectivity index (χ0n) is 14.8. The number of ether oxygens (including phenoxy) is 1. The fraction of sp³-hybridized carbons (Fsp3) is 0.0870. The van der Waals surface area contributed by atoms with Gasteiger partial charge in [-0.05, 0) is 35.4 Å². The standard InChI is InChI=1S/C23H19BrN2O/c24-21-10-8-20(9-11-21)23-15-26(17-25-23)14-18-6-12-22(13-7-18)27-16-19-4-2-1-3-5-19/h1-13,15,17H,14,16H2. The number of halogens is 1. The normalized spacial score (nSPS) is 10.7. The minimum absolute atomic E-state index is 0.582. The second kappa shape index (κ2) is 8.23. The molecule has 134 valence electrons. The van der Waals surface area contributed by atoms with Gasteiger partial charge in [-0.3, -0.25) is 0 Å². The summed E-state index contributed by atoms with van der Waals surface area (Å²) in [4.78, 5) is 4.52. The molecule has 27 heavy (non-hydrogen) atoms. The fourth-order valence-corrected chi connectivity index (χ4v) is 3.12. The molecule has 4 heteroatoms. The van der Waals surface area contributed by atoms with Crippen molar-refractivity contribution >= 4 is 15.9 Å². The Morgan fingerprint density at radius 2 is 1.56 bits per heavy atom. The number of aromatic nitrogens is 2. The number of nitrogens with zero attached hydrogens (tertiary/aromatic N) is 2. The SMILES string of the molecule is Brc1ccc(-c2cn(Cc3ccc(OCc4ccccc4)cc3)cn2)cc1. The Labute approximate surface area is 167 Å². The topological polar surface area (TPSA) is 27.1 Å². The van der Waals surface area contributed by atoms with Gasteiger partial charge in [0, 0.05) is 22.8 Å². The Morgan fingerprint density at radius 3 is 2.30 bits per heavy atom. The van der Waals surface area contributed by atoms with Crippen LogP contribution in [0.5, 0.6) is 5.75 Å². The molecule has 0 aliphatic carbocycles. The van der Waals surface area contributed by atoms with E-state index in [4.69, 9.17) is 4.74 Å². The lowest BCUT2D eigenvalue weighted by Crippen LogP contribution is -1.98. The van der Waals surface area contributed by atoms with Crippen molar-refractivity contribution in [2.45, 2.75) is 13.2 Å². The monoisotopic (exact) mass is 418 g/mol. The van der Waals surface area contributed by atoms with Gasteiger partial charge in [0.2, 0.25) is 0 Å². The van der Waals surface area contributed by atoms with Gasteiger partial charge in [-0.2, -0.15) is 0 Å². The summed E-state index contributed by atoms with van der Waals surface area (Å²) in [6, 6.07) is 26.6. The first-order valence-electron chi connectivity index (χ1n) is 8.80. The summed E-state index contributed by atoms with van der Waals surface area (Å²) in [6.45, 7) is 1.36. The molecule has 4 rings (SSSR count). The van der Waals surface area contributed by atoms with E-state index in [0.29, 0.717) is 6.61 Å². The Balaban J connectivity index is 1.38. The van der Waals surface area contributed by atoms with Crippen molar-refractivity contribution in [3.05, 3.63) is 107 Å². The number of rotatable bonds is 6. The molecule has 0 aliphatic rings. The Morgan fingerprint density at radius 1 is 0.815 bits per heavy atom. The van der Waals surface area contributed by atoms with Gasteiger partial charge in [0.1, 0.15) is 12.4 Å². The van der Waals surface area contributed by atoms with Gasteiger partial charge in [-0.15, -0.1) is 0 Å². The van der Waals surface area contributed by atoms with Gasteiger partial charge in [0.15, 0.2) is 0 Å². The van der Waals surface area contributed by atoms with E-state index in [9.17, 15) is 0 Å². The van der Waals surface area contributed by atoms with Crippen LogP contribution in [-0.4, -0.2) is 9.55 Å². The molecule has 3 aromatic carbocycles. The Hall–Kier alpha value is -2.85. The van der Waals surface area contributed by atoms with Crippen LogP contribution in [0.4, 0.5) is 0 Å². The maximum atomic E-state index is 5.85. The summed E-state index contributed by atoms with van der Waals surface area (Å²) >= 11 is 3.46. The number of hydrogen-bond acceptors (Lipinski definition) is 2. The molecule has 1 aromatic heterocycles. The maximum Gasteiger partial charge on any atom is 0.119 e. The molecular weight excluding hydrogens is 400 g/mol. The largest absolute Gasteiger partial charge is 0.489 e. The van der Waals surface area contributed by atoms with Gasteiger partial charge in [-0.1, -0.05) is 70.5 Å². The summed E-state index contributed by atoms with van der Waals surface area (Å²) in [5, 5.41) is 0. The van der Waals surface area contributed by atoms with E-state index >= 15 is 0 Å². The second-order valence-electron chi connectivity index (χ2n) is 6.36. The van der Waals surface area contributed by atoms with Crippen LogP contribution in [0.25, 0.3) is 11.3 Å². The number of hydrogen-bond donors (Lipinski definition) is 0. The molecule has 0 radical (unpaired) electrons. The van der Waals surface area contributed by atoms with Crippen molar-refractivity contribution in [1.29, 1.82) is 0 Å². The summed E-state index contributed by atoms with van der Waals surface area (Å²) in [5.74, 6) is 0.879. The van der Waals surface area contributed by atoms with Gasteiger partial charge in [0.05, 0.1) is 12.0 Å². The van der Waals surface area contributed by atoms with Crippen LogP contribution in [0, 0.1) is 0 Å². The van der Waals surface area contributed by atoms with Crippen molar-refractivity contribution in [3.8, 4) is 17.0 Å². The van der Waals surface area contributed by atoms with Crippen molar-refractivity contribution < 1.29 is 4.74 Å². The highest BCUT2D eigenvalue weighted by atomic mass is 79.9. The molecule has 0 spiro atoms. The van der Waals surface area contributed by atoms with E-state index in [2.05, 4.69) is 68.1 Å². The van der Waals surface area contributed by atoms with Gasteiger partial charge in [0.25, 0.3) is 0 Å². The summed E-state index contributed by atoms with van der Waals surface area (Å²) in [6.07, 6.45) is 3.94. The maximum absolute atomic E-state index is 5.85. The van der Waals surface area contributed by atoms with E-state index in [1.165, 1.54) is 11.1 Å². The molecule has 0 unspecified atom stereocenters. The van der Waals surface area contributed by atoms with E-state index in [0.717, 1.165) is 28.0 Å². The van der Waals surface area contributed by atoms with Gasteiger partial charge >= 0.3 is 0 Å². The van der Waals surface area contributed by atoms with E-state index in [1.54, 1.807) is 0 Å². The van der Waals surface area contributed by atoms with Crippen LogP contribution in [0.1, 0.15) is 11.1 Å². The van der Waals surface area contributed by atoms with Crippen LogP contribution >= 0.6 is 15.9 Å². The summed E-state index contributed by atoms with van der Waals surface area (Å²) < 4.78 is 9.01. The summed E-state index contributed by atoms with van der Waals surface area (Å²) in [5.41, 5.74) is 4.47. The lowest BCUT2D eigenvalue weighted by molar-refractivity contribution is 0.306. The number of benzene rings is 3. The van der Waals surface area contributed by atoms with Crippen molar-refractivity contribution in [2.75, 3.05) is 0 Å². The van der Waals surface area contributed by atoms with Crippen LogP contribution in [0.15, 0.2) is 95.9 Å². The van der Waals surface area contributed by atoms with E-state index < -0.39 is 0 Å². The highest BCUT2D eigenvalue weighted by molar-refractivity contribution is 9.10. The molecule has 0 saturated heterocycles. The highest BCUT2D eigenvalue weighted by Gasteiger charge is 2.03. The van der Waals surface area contributed by atoms with Gasteiger partial charge < -0.3 is 9.30 Å². The second-order valence-corrected chi connectivity index (χ2v) is 7.27. The molecule has 3 nitrogen and oxygen atoms in total. The van der Waals surface area contributed by atoms with E-state index in [-0.39, 0.29) is 0 Å². The van der Waals surface area contributed by atoms with Crippen LogP contribution in [0.3, 0.4) is 0 Å². The molecule has 4 aromatic rings. The smallest absolute Gasteiger partial charge is 0.119 e. The van der Waals surface area contributed by atoms with Crippen molar-refractivity contribution in [1.82, 2.24) is 9.55 Å². The molecule has 0 bridgehead atoms. The average molecular weight is 419 g/mol. The lowest BCUT2D eigenvalue weighted by Gasteiger charge is -2.08. The van der Waals surface area contributed by atoms with Crippen LogP contribution in [0.2, 0.25) is 0 Å². The third-order valence-electron chi connectivity index (χ3n) is 4.31. The highest BCUT2D eigenvalue weighted by Crippen LogP contribution is 2.21. The third-order valence-corrected chi connectivity index (χ3v) is 4.84. The minimum atomic E-state index is 0.582. The first kappa shape index (κ1) is 17.6. The molecular formula is C23H19BrN2O. The Kier molecular flexibility index (Phi) is 5.35. The summed E-state index contributed by atoms with van der Waals surface area (Å²) in [7, 11) is 0. The first-order chi connectivity index (χ1) is 13.3. The molecule has 0 saturated carbocycles. The molecule has 0 fully saturated rings. The molecule has 0 N–H and O–H groups in total. The molecule has 1 heterocycles. The van der Waals surface area contributed by atoms with Gasteiger partial charge in [-0.25, -0.2) is 4.98 Å². The van der Waals surface area contributed by atoms with E-state index in [1.807, 2.05) is 48.8 Å². The number of imidazole rings is 1. The van der Waals surface area contributed by atoms with Crippen molar-refractivity contribution in [2.24, 2.45) is 0 Å². The average Bonchev–Trinajstić information content (AvgIpc) is 3.17. The molecule has 0 amide bonds. The first-order valence-corrected chi connectivity index (χ1v) is 9.59. The third kappa shape index (κ3) is 4.66. The lowest BCUT2D eigenvalue weighted by atomic mass is 10.2. The fourth-order valence-electron chi connectivity index (χ4n) is 2.86. The Bertz CT molecular complexity index is 993. The molecule has 0 atom stereocenters.